The van der Waals surface area contributed by atoms with Crippen LogP contribution in [0.2, 0.25) is 10.0 Å². The summed E-state index contributed by atoms with van der Waals surface area (Å²) < 4.78 is 0. The number of benzene rings is 1. The minimum Gasteiger partial charge on any atom is -0.317 e. The number of urea groups is 1. The third kappa shape index (κ3) is 2.85. The summed E-state index contributed by atoms with van der Waals surface area (Å²) in [6.45, 7) is 4.03. The Morgan fingerprint density at radius 3 is 2.68 bits per heavy atom. The molecule has 2 atom stereocenters. The summed E-state index contributed by atoms with van der Waals surface area (Å²) in [6.07, 6.45) is 0. The highest BCUT2D eigenvalue weighted by Gasteiger charge is 2.33. The summed E-state index contributed by atoms with van der Waals surface area (Å²) >= 11 is 12.0. The SMILES string of the molecule is CC1CN(C(C)c2ccc(Cl)cc2Cl)C(=O)NC1=O. The van der Waals surface area contributed by atoms with Crippen molar-refractivity contribution in [2.45, 2.75) is 19.9 Å². The number of hydrogen-bond donors (Lipinski definition) is 1. The Labute approximate surface area is 121 Å². The third-order valence-corrected chi connectivity index (χ3v) is 3.85. The van der Waals surface area contributed by atoms with Gasteiger partial charge in [0, 0.05) is 16.6 Å². The molecular weight excluding hydrogens is 287 g/mol. The maximum Gasteiger partial charge on any atom is 0.324 e. The third-order valence-electron chi connectivity index (χ3n) is 3.29. The minimum atomic E-state index is -0.387. The Morgan fingerprint density at radius 1 is 1.37 bits per heavy atom. The first kappa shape index (κ1) is 14.2. The molecule has 4 nitrogen and oxygen atoms in total. The summed E-state index contributed by atoms with van der Waals surface area (Å²) in [5.41, 5.74) is 0.808. The van der Waals surface area contributed by atoms with E-state index in [1.165, 1.54) is 0 Å². The predicted molar refractivity (Wildman–Crippen MR) is 74.3 cm³/mol. The molecule has 102 valence electrons. The highest BCUT2D eigenvalue weighted by Crippen LogP contribution is 2.31. The fourth-order valence-electron chi connectivity index (χ4n) is 2.10. The van der Waals surface area contributed by atoms with Gasteiger partial charge in [0.1, 0.15) is 0 Å². The van der Waals surface area contributed by atoms with Crippen molar-refractivity contribution < 1.29 is 9.59 Å². The van der Waals surface area contributed by atoms with Gasteiger partial charge in [-0.1, -0.05) is 36.2 Å². The quantitative estimate of drug-likeness (QED) is 0.911. The Morgan fingerprint density at radius 2 is 2.05 bits per heavy atom. The molecule has 0 aliphatic carbocycles. The number of amides is 3. The highest BCUT2D eigenvalue weighted by molar-refractivity contribution is 6.35. The van der Waals surface area contributed by atoms with E-state index in [1.807, 2.05) is 6.92 Å². The molecule has 1 aliphatic heterocycles. The lowest BCUT2D eigenvalue weighted by Crippen LogP contribution is -2.54. The molecule has 2 rings (SSSR count). The van der Waals surface area contributed by atoms with E-state index in [2.05, 4.69) is 5.32 Å². The van der Waals surface area contributed by atoms with Crippen LogP contribution in [0.25, 0.3) is 0 Å². The maximum absolute atomic E-state index is 11.9. The van der Waals surface area contributed by atoms with E-state index in [4.69, 9.17) is 23.2 Å². The summed E-state index contributed by atoms with van der Waals surface area (Å²) in [6, 6.07) is 4.56. The Bertz CT molecular complexity index is 533. The van der Waals surface area contributed by atoms with E-state index >= 15 is 0 Å². The van der Waals surface area contributed by atoms with Crippen LogP contribution in [-0.2, 0) is 4.79 Å². The molecule has 6 heteroatoms. The lowest BCUT2D eigenvalue weighted by atomic mass is 10.0. The van der Waals surface area contributed by atoms with Crippen molar-refractivity contribution in [2.75, 3.05) is 6.54 Å². The molecular formula is C13H14Cl2N2O2. The smallest absolute Gasteiger partial charge is 0.317 e. The summed E-state index contributed by atoms with van der Waals surface area (Å²) in [5, 5.41) is 3.40. The van der Waals surface area contributed by atoms with Crippen LogP contribution >= 0.6 is 23.2 Å². The zero-order valence-corrected chi connectivity index (χ0v) is 12.1. The fourth-order valence-corrected chi connectivity index (χ4v) is 2.67. The van der Waals surface area contributed by atoms with Crippen molar-refractivity contribution in [3.8, 4) is 0 Å². The topological polar surface area (TPSA) is 49.4 Å². The lowest BCUT2D eigenvalue weighted by Gasteiger charge is -2.35. The van der Waals surface area contributed by atoms with Gasteiger partial charge >= 0.3 is 6.03 Å². The summed E-state index contributed by atoms with van der Waals surface area (Å²) in [7, 11) is 0. The molecule has 0 spiro atoms. The van der Waals surface area contributed by atoms with Gasteiger partial charge in [-0.3, -0.25) is 10.1 Å². The van der Waals surface area contributed by atoms with Crippen LogP contribution in [0.15, 0.2) is 18.2 Å². The molecule has 1 aromatic carbocycles. The molecule has 0 saturated carbocycles. The largest absolute Gasteiger partial charge is 0.324 e. The molecule has 1 saturated heterocycles. The maximum atomic E-state index is 11.9. The predicted octanol–water partition coefficient (Wildman–Crippen LogP) is 3.24. The zero-order chi connectivity index (χ0) is 14.2. The monoisotopic (exact) mass is 300 g/mol. The van der Waals surface area contributed by atoms with Gasteiger partial charge in [-0.25, -0.2) is 4.79 Å². The van der Waals surface area contributed by atoms with E-state index in [0.717, 1.165) is 5.56 Å². The van der Waals surface area contributed by atoms with Gasteiger partial charge in [0.25, 0.3) is 0 Å². The summed E-state index contributed by atoms with van der Waals surface area (Å²) in [4.78, 5) is 24.9. The van der Waals surface area contributed by atoms with E-state index in [-0.39, 0.29) is 23.9 Å². The first-order valence-electron chi connectivity index (χ1n) is 5.96. The Hall–Kier alpha value is -1.26. The van der Waals surface area contributed by atoms with Crippen molar-refractivity contribution in [3.05, 3.63) is 33.8 Å². The van der Waals surface area contributed by atoms with Crippen molar-refractivity contribution in [1.82, 2.24) is 10.2 Å². The molecule has 0 aromatic heterocycles. The number of carbonyl (C=O) groups excluding carboxylic acids is 2. The van der Waals surface area contributed by atoms with Gasteiger partial charge in [-0.15, -0.1) is 0 Å². The number of hydrogen-bond acceptors (Lipinski definition) is 2. The van der Waals surface area contributed by atoms with Gasteiger partial charge in [0.2, 0.25) is 5.91 Å². The van der Waals surface area contributed by atoms with Crippen molar-refractivity contribution in [3.63, 3.8) is 0 Å². The highest BCUT2D eigenvalue weighted by atomic mass is 35.5. The number of rotatable bonds is 2. The molecule has 1 fully saturated rings. The van der Waals surface area contributed by atoms with Crippen LogP contribution in [0.5, 0.6) is 0 Å². The average molecular weight is 301 g/mol. The number of nitrogens with zero attached hydrogens (tertiary/aromatic N) is 1. The number of imide groups is 1. The Kier molecular flexibility index (Phi) is 4.02. The molecule has 1 aliphatic rings. The minimum absolute atomic E-state index is 0.222. The first-order chi connectivity index (χ1) is 8.90. The average Bonchev–Trinajstić information content (AvgIpc) is 2.33. The standard InChI is InChI=1S/C13H14Cl2N2O2/c1-7-6-17(13(19)16-12(7)18)8(2)10-4-3-9(14)5-11(10)15/h3-5,7-8H,6H2,1-2H3,(H,16,18,19). The fraction of sp³-hybridized carbons (Fsp3) is 0.385. The van der Waals surface area contributed by atoms with Gasteiger partial charge in [-0.05, 0) is 24.6 Å². The molecule has 1 N–H and O–H groups in total. The number of carbonyl (C=O) groups is 2. The van der Waals surface area contributed by atoms with Gasteiger partial charge in [0.05, 0.1) is 12.0 Å². The van der Waals surface area contributed by atoms with Crippen LogP contribution < -0.4 is 5.32 Å². The van der Waals surface area contributed by atoms with Gasteiger partial charge < -0.3 is 4.90 Å². The van der Waals surface area contributed by atoms with E-state index in [1.54, 1.807) is 30.0 Å². The van der Waals surface area contributed by atoms with Crippen LogP contribution in [0.1, 0.15) is 25.5 Å². The second kappa shape index (κ2) is 5.39. The zero-order valence-electron chi connectivity index (χ0n) is 10.6. The van der Waals surface area contributed by atoms with Crippen molar-refractivity contribution in [1.29, 1.82) is 0 Å². The number of nitrogens with one attached hydrogen (secondary N) is 1. The molecule has 2 unspecified atom stereocenters. The van der Waals surface area contributed by atoms with Crippen LogP contribution in [0.4, 0.5) is 4.79 Å². The number of halogens is 2. The second-order valence-electron chi connectivity index (χ2n) is 4.69. The van der Waals surface area contributed by atoms with Gasteiger partial charge in [-0.2, -0.15) is 0 Å². The molecule has 19 heavy (non-hydrogen) atoms. The van der Waals surface area contributed by atoms with Crippen molar-refractivity contribution in [2.24, 2.45) is 5.92 Å². The summed E-state index contributed by atoms with van der Waals surface area (Å²) in [5.74, 6) is -0.470. The van der Waals surface area contributed by atoms with E-state index in [9.17, 15) is 9.59 Å². The molecule has 3 amide bonds. The normalized spacial score (nSPS) is 21.3. The Balaban J connectivity index is 2.25. The van der Waals surface area contributed by atoms with Crippen LogP contribution in [0, 0.1) is 5.92 Å². The van der Waals surface area contributed by atoms with E-state index in [0.29, 0.717) is 16.6 Å². The molecule has 1 aromatic rings. The van der Waals surface area contributed by atoms with Gasteiger partial charge in [0.15, 0.2) is 0 Å². The lowest BCUT2D eigenvalue weighted by molar-refractivity contribution is -0.125. The van der Waals surface area contributed by atoms with E-state index < -0.39 is 0 Å². The van der Waals surface area contributed by atoms with Crippen LogP contribution in [0.3, 0.4) is 0 Å². The first-order valence-corrected chi connectivity index (χ1v) is 6.72. The van der Waals surface area contributed by atoms with Crippen molar-refractivity contribution >= 4 is 35.1 Å². The molecule has 0 radical (unpaired) electrons. The molecule has 1 heterocycles. The van der Waals surface area contributed by atoms with Crippen LogP contribution in [-0.4, -0.2) is 23.4 Å². The molecule has 0 bridgehead atoms. The second-order valence-corrected chi connectivity index (χ2v) is 5.53.